The number of para-hydroxylation sites is 1. The molecule has 0 saturated carbocycles. The van der Waals surface area contributed by atoms with Crippen LogP contribution in [0.25, 0.3) is 11.0 Å². The van der Waals surface area contributed by atoms with Crippen molar-refractivity contribution in [3.8, 4) is 0 Å². The van der Waals surface area contributed by atoms with Gasteiger partial charge in [0.2, 0.25) is 0 Å². The second-order valence-corrected chi connectivity index (χ2v) is 12.2. The number of hydrogen-bond donors (Lipinski definition) is 4. The first-order valence-corrected chi connectivity index (χ1v) is 14.5. The Morgan fingerprint density at radius 3 is 2.72 bits per heavy atom. The number of aromatic nitrogens is 2. The number of nitrogens with two attached hydrogens (primary N) is 1. The Labute approximate surface area is 233 Å². The van der Waals surface area contributed by atoms with E-state index in [1.54, 1.807) is 30.3 Å². The summed E-state index contributed by atoms with van der Waals surface area (Å²) in [6.07, 6.45) is 1.95. The standard InChI is InChI=1S/C26H25IN7O5/c1-26(25-29-16-8-3-6-14(21(28)36)20(16)31-25)11-4-12-33(26)27-32-15-7-2-5-13-19(15)24(39)34(23(13)38)17-9-10-18(35)30-22(17)37/h2-3,5-8,17,32H,4,9-12H2,1H3,(H2,28,36)(H,29,31)(H,30,35,37)/q-1. The van der Waals surface area contributed by atoms with Gasteiger partial charge in [-0.1, -0.05) is 0 Å². The number of benzene rings is 2. The van der Waals surface area contributed by atoms with Gasteiger partial charge in [-0.3, -0.25) is 0 Å². The summed E-state index contributed by atoms with van der Waals surface area (Å²) in [5.41, 5.74) is 7.75. The number of amides is 5. The minimum atomic E-state index is -1.02. The molecule has 5 amide bonds. The third-order valence-corrected chi connectivity index (χ3v) is 10.5. The number of fused-ring (bicyclic) bond motifs is 2. The molecule has 202 valence electrons. The molecule has 12 nitrogen and oxygen atoms in total. The van der Waals surface area contributed by atoms with Gasteiger partial charge in [0.15, 0.2) is 0 Å². The molecular formula is C26H25IN7O5-. The van der Waals surface area contributed by atoms with Gasteiger partial charge in [-0.05, 0) is 0 Å². The van der Waals surface area contributed by atoms with E-state index < -0.39 is 62.9 Å². The molecule has 5 N–H and O–H groups in total. The van der Waals surface area contributed by atoms with Crippen LogP contribution in [-0.4, -0.2) is 60.1 Å². The second-order valence-electron chi connectivity index (χ2n) is 9.97. The Hall–Kier alpha value is -3.85. The number of carbonyl (C=O) groups excluding carboxylic acids is 5. The number of primary amides is 1. The number of nitrogens with zero attached hydrogens (tertiary/aromatic N) is 3. The van der Waals surface area contributed by atoms with Gasteiger partial charge < -0.3 is 0 Å². The Kier molecular flexibility index (Phi) is 6.14. The summed E-state index contributed by atoms with van der Waals surface area (Å²) in [6.45, 7) is 2.90. The third kappa shape index (κ3) is 4.07. The first-order chi connectivity index (χ1) is 18.7. The summed E-state index contributed by atoms with van der Waals surface area (Å²) in [5, 5.41) is 2.22. The van der Waals surface area contributed by atoms with Gasteiger partial charge in [0, 0.05) is 0 Å². The molecule has 0 spiro atoms. The van der Waals surface area contributed by atoms with Crippen molar-refractivity contribution in [2.75, 3.05) is 10.1 Å². The number of aromatic amines is 1. The van der Waals surface area contributed by atoms with E-state index in [2.05, 4.69) is 23.9 Å². The van der Waals surface area contributed by atoms with Crippen molar-refractivity contribution in [3.63, 3.8) is 0 Å². The Morgan fingerprint density at radius 2 is 1.95 bits per heavy atom. The number of rotatable bonds is 6. The van der Waals surface area contributed by atoms with E-state index >= 15 is 0 Å². The number of H-pyrrole nitrogens is 1. The van der Waals surface area contributed by atoms with Crippen molar-refractivity contribution in [3.05, 3.63) is 58.9 Å². The van der Waals surface area contributed by atoms with Crippen LogP contribution in [0.1, 0.15) is 69.5 Å². The number of piperidine rings is 1. The zero-order chi connectivity index (χ0) is 27.5. The van der Waals surface area contributed by atoms with Gasteiger partial charge in [-0.2, -0.15) is 0 Å². The molecule has 0 radical (unpaired) electrons. The average molecular weight is 642 g/mol. The van der Waals surface area contributed by atoms with Crippen LogP contribution >= 0.6 is 0 Å². The van der Waals surface area contributed by atoms with Crippen LogP contribution in [0.4, 0.5) is 5.69 Å². The minimum absolute atomic E-state index is 0.0661. The number of halogens is 1. The molecule has 3 aromatic rings. The topological polar surface area (TPSA) is 171 Å². The molecular weight excluding hydrogens is 617 g/mol. The molecule has 1 aromatic heterocycles. The van der Waals surface area contributed by atoms with Gasteiger partial charge in [0.25, 0.3) is 0 Å². The summed E-state index contributed by atoms with van der Waals surface area (Å²) in [6, 6.07) is 9.31. The van der Waals surface area contributed by atoms with Gasteiger partial charge in [-0.15, -0.1) is 0 Å². The maximum atomic E-state index is 13.4. The Balaban J connectivity index is 1.25. The quantitative estimate of drug-likeness (QED) is 0.142. The van der Waals surface area contributed by atoms with E-state index in [0.717, 1.165) is 35.6 Å². The molecule has 2 unspecified atom stereocenters. The van der Waals surface area contributed by atoms with Crippen molar-refractivity contribution < 1.29 is 45.7 Å². The Bertz CT molecular complexity index is 1590. The number of anilines is 1. The monoisotopic (exact) mass is 642 g/mol. The summed E-state index contributed by atoms with van der Waals surface area (Å²) < 4.78 is 5.73. The summed E-state index contributed by atoms with van der Waals surface area (Å²) in [5.74, 6) is -1.94. The molecule has 2 fully saturated rings. The fraction of sp³-hybridized carbons (Fsp3) is 0.308. The van der Waals surface area contributed by atoms with Crippen LogP contribution in [0.5, 0.6) is 0 Å². The maximum absolute atomic E-state index is 13.4. The van der Waals surface area contributed by atoms with Crippen LogP contribution in [-0.2, 0) is 15.1 Å². The molecule has 2 atom stereocenters. The number of imidazole rings is 1. The molecule has 3 aliphatic heterocycles. The Morgan fingerprint density at radius 1 is 1.15 bits per heavy atom. The van der Waals surface area contributed by atoms with E-state index in [1.165, 1.54) is 0 Å². The molecule has 6 rings (SSSR count). The normalized spacial score (nSPS) is 23.5. The zero-order valence-corrected chi connectivity index (χ0v) is 23.1. The third-order valence-electron chi connectivity index (χ3n) is 7.56. The molecule has 39 heavy (non-hydrogen) atoms. The molecule has 2 aromatic carbocycles. The summed E-state index contributed by atoms with van der Waals surface area (Å²) in [4.78, 5) is 71.6. The SMILES string of the molecule is CC1(c2nc3c(C(N)=O)cccc3[nH]2)CCCN1[I-]Nc1cccc2c1C(=O)N(C1CCC(=O)NC1=O)C2=O. The number of imide groups is 2. The van der Waals surface area contributed by atoms with Crippen LogP contribution < -0.4 is 36.3 Å². The molecule has 0 bridgehead atoms. The van der Waals surface area contributed by atoms with Crippen LogP contribution in [0.3, 0.4) is 0 Å². The van der Waals surface area contributed by atoms with Gasteiger partial charge in [0.1, 0.15) is 0 Å². The van der Waals surface area contributed by atoms with E-state index in [9.17, 15) is 24.0 Å². The van der Waals surface area contributed by atoms with Crippen molar-refractivity contribution >= 4 is 46.3 Å². The van der Waals surface area contributed by atoms with Gasteiger partial charge in [0.05, 0.1) is 0 Å². The molecule has 0 aliphatic carbocycles. The van der Waals surface area contributed by atoms with Crippen molar-refractivity contribution in [1.82, 2.24) is 23.3 Å². The molecule has 3 aliphatic rings. The second kappa shape index (κ2) is 9.41. The average Bonchev–Trinajstić information content (AvgIpc) is 3.58. The molecule has 2 saturated heterocycles. The van der Waals surface area contributed by atoms with Gasteiger partial charge in [-0.25, -0.2) is 0 Å². The van der Waals surface area contributed by atoms with Crippen LogP contribution in [0.15, 0.2) is 36.4 Å². The first kappa shape index (κ1) is 25.4. The zero-order valence-electron chi connectivity index (χ0n) is 20.9. The van der Waals surface area contributed by atoms with Crippen molar-refractivity contribution in [2.24, 2.45) is 5.73 Å². The fourth-order valence-electron chi connectivity index (χ4n) is 5.48. The van der Waals surface area contributed by atoms with Crippen LogP contribution in [0, 0.1) is 0 Å². The van der Waals surface area contributed by atoms with Crippen molar-refractivity contribution in [2.45, 2.75) is 44.2 Å². The van der Waals surface area contributed by atoms with Crippen molar-refractivity contribution in [1.29, 1.82) is 0 Å². The number of nitrogens with one attached hydrogen (secondary N) is 3. The van der Waals surface area contributed by atoms with E-state index in [0.29, 0.717) is 16.8 Å². The van der Waals surface area contributed by atoms with E-state index in [-0.39, 0.29) is 24.0 Å². The van der Waals surface area contributed by atoms with Crippen LogP contribution in [0.2, 0.25) is 0 Å². The van der Waals surface area contributed by atoms with E-state index in [4.69, 9.17) is 10.7 Å². The van der Waals surface area contributed by atoms with Gasteiger partial charge >= 0.3 is 234 Å². The first-order valence-electron chi connectivity index (χ1n) is 12.5. The predicted molar refractivity (Wildman–Crippen MR) is 135 cm³/mol. The summed E-state index contributed by atoms with van der Waals surface area (Å²) in [7, 11) is 0. The molecule has 13 heteroatoms. The summed E-state index contributed by atoms with van der Waals surface area (Å²) >= 11 is -0.885. The predicted octanol–water partition coefficient (Wildman–Crippen LogP) is -1.59. The fourth-order valence-corrected chi connectivity index (χ4v) is 8.06. The molecule has 4 heterocycles. The number of hydrogen-bond acceptors (Lipinski definition) is 8. The number of carbonyl (C=O) groups is 5. The van der Waals surface area contributed by atoms with E-state index in [1.807, 2.05) is 6.07 Å².